The van der Waals surface area contributed by atoms with Gasteiger partial charge in [-0.2, -0.15) is 0 Å². The van der Waals surface area contributed by atoms with Gasteiger partial charge in [0.1, 0.15) is 0 Å². The number of amides is 1. The molecule has 0 saturated heterocycles. The summed E-state index contributed by atoms with van der Waals surface area (Å²) in [6.45, 7) is 7.69. The largest absolute Gasteiger partial charge is 1.00 e. The van der Waals surface area contributed by atoms with Crippen LogP contribution < -0.4 is 27.2 Å². The number of carbonyl (C=O) groups is 1. The van der Waals surface area contributed by atoms with Crippen LogP contribution in [0.4, 0.5) is 0 Å². The molecular weight excluding hydrogens is 292 g/mol. The van der Waals surface area contributed by atoms with Crippen molar-refractivity contribution in [1.82, 2.24) is 10.2 Å². The summed E-state index contributed by atoms with van der Waals surface area (Å²) in [6, 6.07) is 5.15. The van der Waals surface area contributed by atoms with Crippen molar-refractivity contribution in [2.45, 2.75) is 13.8 Å². The van der Waals surface area contributed by atoms with Gasteiger partial charge < -0.3 is 32.1 Å². The molecule has 120 valence electrons. The third-order valence-electron chi connectivity index (χ3n) is 3.25. The standard InChI is InChI=1S/C15H24N2O3.ClH/c1-5-17(6-2)10-9-16-15(18)12-7-8-13(19-3)14(11-12)20-4;/h7-8,11H,5-6,9-10H2,1-4H3,(H,16,18);1H/p-1. The maximum Gasteiger partial charge on any atom is 0.251 e. The molecule has 6 heteroatoms. The Morgan fingerprint density at radius 3 is 2.29 bits per heavy atom. The molecule has 0 aromatic heterocycles. The summed E-state index contributed by atoms with van der Waals surface area (Å²) >= 11 is 0. The Balaban J connectivity index is 0.00000400. The molecule has 0 aliphatic heterocycles. The lowest BCUT2D eigenvalue weighted by Gasteiger charge is -2.18. The maximum atomic E-state index is 12.0. The summed E-state index contributed by atoms with van der Waals surface area (Å²) < 4.78 is 10.3. The first-order valence-electron chi connectivity index (χ1n) is 6.88. The van der Waals surface area contributed by atoms with Crippen molar-refractivity contribution < 1.29 is 26.7 Å². The Bertz CT molecular complexity index is 437. The summed E-state index contributed by atoms with van der Waals surface area (Å²) in [7, 11) is 3.13. The van der Waals surface area contributed by atoms with Gasteiger partial charge in [0.2, 0.25) is 0 Å². The molecule has 0 fully saturated rings. The number of carbonyl (C=O) groups excluding carboxylic acids is 1. The fourth-order valence-corrected chi connectivity index (χ4v) is 1.95. The fourth-order valence-electron chi connectivity index (χ4n) is 1.95. The highest BCUT2D eigenvalue weighted by molar-refractivity contribution is 5.94. The fraction of sp³-hybridized carbons (Fsp3) is 0.533. The molecule has 0 radical (unpaired) electrons. The lowest BCUT2D eigenvalue weighted by Crippen LogP contribution is -3.00. The molecule has 0 aliphatic carbocycles. The van der Waals surface area contributed by atoms with E-state index in [1.54, 1.807) is 32.4 Å². The van der Waals surface area contributed by atoms with E-state index < -0.39 is 0 Å². The number of hydrogen-bond donors (Lipinski definition) is 1. The van der Waals surface area contributed by atoms with Gasteiger partial charge in [0.05, 0.1) is 14.2 Å². The lowest BCUT2D eigenvalue weighted by molar-refractivity contribution is -0.0000131. The van der Waals surface area contributed by atoms with Crippen LogP contribution >= 0.6 is 0 Å². The second kappa shape index (κ2) is 10.3. The zero-order valence-electron chi connectivity index (χ0n) is 13.1. The van der Waals surface area contributed by atoms with Crippen LogP contribution in [0.5, 0.6) is 11.5 Å². The first kappa shape index (κ1) is 19.5. The second-order valence-corrected chi connectivity index (χ2v) is 4.35. The van der Waals surface area contributed by atoms with E-state index in [2.05, 4.69) is 24.1 Å². The third-order valence-corrected chi connectivity index (χ3v) is 3.25. The van der Waals surface area contributed by atoms with Crippen molar-refractivity contribution in [3.8, 4) is 11.5 Å². The van der Waals surface area contributed by atoms with Gasteiger partial charge in [-0.05, 0) is 31.3 Å². The molecule has 1 aromatic rings. The molecule has 21 heavy (non-hydrogen) atoms. The summed E-state index contributed by atoms with van der Waals surface area (Å²) in [5, 5.41) is 2.91. The van der Waals surface area contributed by atoms with Crippen LogP contribution in [0, 0.1) is 0 Å². The number of likely N-dealkylation sites (N-methyl/N-ethyl adjacent to an activating group) is 1. The average Bonchev–Trinajstić information content (AvgIpc) is 2.50. The van der Waals surface area contributed by atoms with E-state index in [4.69, 9.17) is 9.47 Å². The minimum absolute atomic E-state index is 0. The SMILES string of the molecule is CCN(CC)CCNC(=O)c1ccc(OC)c(OC)c1.[Cl-]. The summed E-state index contributed by atoms with van der Waals surface area (Å²) in [5.74, 6) is 1.08. The van der Waals surface area contributed by atoms with Crippen molar-refractivity contribution in [2.24, 2.45) is 0 Å². The molecule has 0 unspecified atom stereocenters. The molecule has 1 amide bonds. The number of methoxy groups -OCH3 is 2. The molecule has 0 spiro atoms. The number of halogens is 1. The van der Waals surface area contributed by atoms with Crippen molar-refractivity contribution in [1.29, 1.82) is 0 Å². The minimum atomic E-state index is -0.0990. The molecule has 0 aliphatic rings. The predicted molar refractivity (Wildman–Crippen MR) is 79.7 cm³/mol. The molecule has 1 N–H and O–H groups in total. The Labute approximate surface area is 133 Å². The van der Waals surface area contributed by atoms with E-state index in [9.17, 15) is 4.79 Å². The second-order valence-electron chi connectivity index (χ2n) is 4.35. The number of ether oxygens (including phenoxy) is 2. The molecule has 5 nitrogen and oxygen atoms in total. The van der Waals surface area contributed by atoms with Gasteiger partial charge in [-0.1, -0.05) is 13.8 Å². The van der Waals surface area contributed by atoms with Gasteiger partial charge in [0.25, 0.3) is 5.91 Å². The highest BCUT2D eigenvalue weighted by Crippen LogP contribution is 2.27. The van der Waals surface area contributed by atoms with Crippen LogP contribution in [0.15, 0.2) is 18.2 Å². The molecule has 1 aromatic carbocycles. The van der Waals surface area contributed by atoms with E-state index in [1.165, 1.54) is 0 Å². The summed E-state index contributed by atoms with van der Waals surface area (Å²) in [6.07, 6.45) is 0. The van der Waals surface area contributed by atoms with Gasteiger partial charge in [-0.3, -0.25) is 4.79 Å². The van der Waals surface area contributed by atoms with Crippen LogP contribution in [-0.4, -0.2) is 51.2 Å². The Morgan fingerprint density at radius 2 is 1.76 bits per heavy atom. The monoisotopic (exact) mass is 315 g/mol. The summed E-state index contributed by atoms with van der Waals surface area (Å²) in [5.41, 5.74) is 0.571. The molecule has 0 heterocycles. The minimum Gasteiger partial charge on any atom is -1.00 e. The van der Waals surface area contributed by atoms with Gasteiger partial charge in [0, 0.05) is 18.7 Å². The van der Waals surface area contributed by atoms with E-state index in [0.717, 1.165) is 19.6 Å². The summed E-state index contributed by atoms with van der Waals surface area (Å²) in [4.78, 5) is 14.3. The zero-order valence-corrected chi connectivity index (χ0v) is 13.9. The van der Waals surface area contributed by atoms with Crippen molar-refractivity contribution >= 4 is 5.91 Å². The normalized spacial score (nSPS) is 9.95. The molecule has 0 saturated carbocycles. The first-order chi connectivity index (χ1) is 9.65. The number of nitrogens with one attached hydrogen (secondary N) is 1. The number of rotatable bonds is 8. The molecular formula is C15H24ClN2O3-. The van der Waals surface area contributed by atoms with E-state index in [1.807, 2.05) is 0 Å². The molecule has 0 atom stereocenters. The number of benzene rings is 1. The van der Waals surface area contributed by atoms with Crippen LogP contribution in [0.2, 0.25) is 0 Å². The van der Waals surface area contributed by atoms with E-state index >= 15 is 0 Å². The Kier molecular flexibility index (Phi) is 9.58. The van der Waals surface area contributed by atoms with Crippen LogP contribution in [0.25, 0.3) is 0 Å². The maximum absolute atomic E-state index is 12.0. The highest BCUT2D eigenvalue weighted by atomic mass is 35.5. The van der Waals surface area contributed by atoms with E-state index in [-0.39, 0.29) is 18.3 Å². The van der Waals surface area contributed by atoms with Crippen molar-refractivity contribution in [3.63, 3.8) is 0 Å². The smallest absolute Gasteiger partial charge is 0.251 e. The Hall–Kier alpha value is -1.46. The van der Waals surface area contributed by atoms with Crippen molar-refractivity contribution in [2.75, 3.05) is 40.4 Å². The quantitative estimate of drug-likeness (QED) is 0.653. The predicted octanol–water partition coefficient (Wildman–Crippen LogP) is -1.22. The molecule has 1 rings (SSSR count). The van der Waals surface area contributed by atoms with Crippen LogP contribution in [0.3, 0.4) is 0 Å². The van der Waals surface area contributed by atoms with Crippen LogP contribution in [0.1, 0.15) is 24.2 Å². The molecule has 0 bridgehead atoms. The first-order valence-corrected chi connectivity index (χ1v) is 6.88. The van der Waals surface area contributed by atoms with E-state index in [0.29, 0.717) is 23.6 Å². The van der Waals surface area contributed by atoms with Gasteiger partial charge in [-0.15, -0.1) is 0 Å². The highest BCUT2D eigenvalue weighted by Gasteiger charge is 2.10. The zero-order chi connectivity index (χ0) is 15.0. The average molecular weight is 316 g/mol. The number of hydrogen-bond acceptors (Lipinski definition) is 4. The number of nitrogens with zero attached hydrogens (tertiary/aromatic N) is 1. The topological polar surface area (TPSA) is 50.8 Å². The van der Waals surface area contributed by atoms with Gasteiger partial charge in [0.15, 0.2) is 11.5 Å². The van der Waals surface area contributed by atoms with Crippen LogP contribution in [-0.2, 0) is 0 Å². The van der Waals surface area contributed by atoms with Crippen molar-refractivity contribution in [3.05, 3.63) is 23.8 Å². The van der Waals surface area contributed by atoms with Gasteiger partial charge >= 0.3 is 0 Å². The Morgan fingerprint density at radius 1 is 1.14 bits per heavy atom. The lowest BCUT2D eigenvalue weighted by atomic mass is 10.2. The van der Waals surface area contributed by atoms with Gasteiger partial charge in [-0.25, -0.2) is 0 Å². The third kappa shape index (κ3) is 5.81.